The van der Waals surface area contributed by atoms with Crippen molar-refractivity contribution in [2.45, 2.75) is 64.1 Å². The average Bonchev–Trinajstić information content (AvgIpc) is 3.25. The van der Waals surface area contributed by atoms with Crippen LogP contribution >= 0.6 is 35.7 Å². The molecule has 1 aromatic heterocycles. The highest BCUT2D eigenvalue weighted by atomic mass is 127. The number of aryl methyl sites for hydroxylation is 1. The number of fused-ring (bicyclic) bond motifs is 1. The average molecular weight is 521 g/mol. The third-order valence-electron chi connectivity index (χ3n) is 5.87. The molecule has 1 aliphatic heterocycles. The zero-order valence-corrected chi connectivity index (χ0v) is 21.0. The molecule has 2 heterocycles. The molecule has 2 atom stereocenters. The topological polar surface area (TPSA) is 58.3 Å². The Bertz CT molecular complexity index is 618. The van der Waals surface area contributed by atoms with Crippen molar-refractivity contribution in [3.05, 3.63) is 5.82 Å². The molecule has 0 aromatic carbocycles. The Hall–Kier alpha value is -0.510. The van der Waals surface area contributed by atoms with E-state index in [1.165, 1.54) is 38.8 Å². The smallest absolute Gasteiger partial charge is 0.193 e. The Morgan fingerprint density at radius 2 is 1.89 bits per heavy atom. The van der Waals surface area contributed by atoms with Gasteiger partial charge in [0.1, 0.15) is 5.82 Å². The quantitative estimate of drug-likeness (QED) is 0.194. The van der Waals surface area contributed by atoms with E-state index in [1.54, 1.807) is 11.8 Å². The van der Waals surface area contributed by atoms with Crippen molar-refractivity contribution >= 4 is 41.7 Å². The molecule has 0 radical (unpaired) electrons. The molecule has 8 heteroatoms. The molecule has 160 valence electrons. The largest absolute Gasteiger partial charge is 0.356 e. The third kappa shape index (κ3) is 6.00. The van der Waals surface area contributed by atoms with Gasteiger partial charge in [-0.05, 0) is 43.3 Å². The maximum Gasteiger partial charge on any atom is 0.193 e. The van der Waals surface area contributed by atoms with Crippen molar-refractivity contribution in [3.8, 4) is 0 Å². The van der Waals surface area contributed by atoms with E-state index in [1.807, 2.05) is 7.05 Å². The molecule has 1 aromatic rings. The van der Waals surface area contributed by atoms with Crippen LogP contribution in [-0.4, -0.2) is 58.6 Å². The van der Waals surface area contributed by atoms with Gasteiger partial charge in [0.15, 0.2) is 11.1 Å². The fourth-order valence-corrected chi connectivity index (χ4v) is 5.08. The Kier molecular flexibility index (Phi) is 9.86. The summed E-state index contributed by atoms with van der Waals surface area (Å²) in [6.07, 6.45) is 9.71. The summed E-state index contributed by atoms with van der Waals surface area (Å²) in [5.74, 6) is 4.56. The van der Waals surface area contributed by atoms with Crippen LogP contribution in [0.5, 0.6) is 0 Å². The molecular weight excluding hydrogens is 483 g/mol. The van der Waals surface area contributed by atoms with Crippen LogP contribution in [-0.2, 0) is 13.0 Å². The predicted octanol–water partition coefficient (Wildman–Crippen LogP) is 3.90. The van der Waals surface area contributed by atoms with Gasteiger partial charge < -0.3 is 14.8 Å². The van der Waals surface area contributed by atoms with E-state index in [0.29, 0.717) is 5.92 Å². The van der Waals surface area contributed by atoms with Gasteiger partial charge in [-0.15, -0.1) is 34.2 Å². The third-order valence-corrected chi connectivity index (χ3v) is 6.54. The zero-order chi connectivity index (χ0) is 19.2. The van der Waals surface area contributed by atoms with Crippen LogP contribution in [0.15, 0.2) is 10.1 Å². The lowest BCUT2D eigenvalue weighted by Crippen LogP contribution is -2.40. The van der Waals surface area contributed by atoms with Gasteiger partial charge >= 0.3 is 0 Å². The molecule has 2 unspecified atom stereocenters. The fraction of sp³-hybridized carbons (Fsp3) is 0.850. The molecule has 1 saturated carbocycles. The van der Waals surface area contributed by atoms with Gasteiger partial charge in [0.2, 0.25) is 0 Å². The molecule has 0 spiro atoms. The lowest BCUT2D eigenvalue weighted by molar-refractivity contribution is 0.299. The van der Waals surface area contributed by atoms with E-state index in [4.69, 9.17) is 0 Å². The normalized spacial score (nSPS) is 22.3. The molecule has 1 aliphatic carbocycles. The maximum absolute atomic E-state index is 4.54. The first-order valence-electron chi connectivity index (χ1n) is 10.5. The monoisotopic (exact) mass is 520 g/mol. The number of aromatic nitrogens is 3. The summed E-state index contributed by atoms with van der Waals surface area (Å²) in [7, 11) is 1.91. The number of guanidine groups is 1. The Morgan fingerprint density at radius 1 is 1.21 bits per heavy atom. The second kappa shape index (κ2) is 11.6. The SMILES string of the molecule is CN=C(NCCCc1nnc(SC)n1CC(C)C)N1CC2CCCCC2C1.I. The van der Waals surface area contributed by atoms with Crippen molar-refractivity contribution in [2.24, 2.45) is 22.7 Å². The molecule has 2 aliphatic rings. The molecule has 0 amide bonds. The molecule has 1 N–H and O–H groups in total. The van der Waals surface area contributed by atoms with Crippen LogP contribution in [0, 0.1) is 17.8 Å². The van der Waals surface area contributed by atoms with E-state index in [0.717, 1.165) is 54.7 Å². The molecule has 2 fully saturated rings. The number of halogens is 1. The highest BCUT2D eigenvalue weighted by Crippen LogP contribution is 2.35. The molecular formula is C20H37IN6S. The van der Waals surface area contributed by atoms with Crippen LogP contribution in [0.25, 0.3) is 0 Å². The van der Waals surface area contributed by atoms with Crippen molar-refractivity contribution in [1.29, 1.82) is 0 Å². The minimum atomic E-state index is 0. The number of likely N-dealkylation sites (tertiary alicyclic amines) is 1. The van der Waals surface area contributed by atoms with E-state index < -0.39 is 0 Å². The van der Waals surface area contributed by atoms with Gasteiger partial charge in [0.25, 0.3) is 0 Å². The van der Waals surface area contributed by atoms with E-state index in [9.17, 15) is 0 Å². The lowest BCUT2D eigenvalue weighted by atomic mass is 9.82. The van der Waals surface area contributed by atoms with E-state index >= 15 is 0 Å². The van der Waals surface area contributed by atoms with E-state index in [2.05, 4.69) is 50.1 Å². The number of nitrogens with one attached hydrogen (secondary N) is 1. The highest BCUT2D eigenvalue weighted by molar-refractivity contribution is 14.0. The van der Waals surface area contributed by atoms with Gasteiger partial charge in [0.05, 0.1) is 0 Å². The van der Waals surface area contributed by atoms with Gasteiger partial charge in [-0.1, -0.05) is 38.5 Å². The van der Waals surface area contributed by atoms with Gasteiger partial charge in [-0.25, -0.2) is 0 Å². The van der Waals surface area contributed by atoms with Crippen LogP contribution in [0.2, 0.25) is 0 Å². The molecule has 6 nitrogen and oxygen atoms in total. The van der Waals surface area contributed by atoms with Gasteiger partial charge in [0, 0.05) is 39.6 Å². The molecule has 1 saturated heterocycles. The standard InChI is InChI=1S/C20H36N6S.HI/c1-15(2)12-26-18(23-24-20(26)27-4)10-7-11-22-19(21-3)25-13-16-8-5-6-9-17(16)14-25;/h15-17H,5-14H2,1-4H3,(H,21,22);1H. The molecule has 3 rings (SSSR count). The van der Waals surface area contributed by atoms with Crippen LogP contribution in [0.1, 0.15) is 51.8 Å². The Labute approximate surface area is 191 Å². The first-order chi connectivity index (χ1) is 13.1. The minimum Gasteiger partial charge on any atom is -0.356 e. The summed E-state index contributed by atoms with van der Waals surface area (Å²) < 4.78 is 2.29. The van der Waals surface area contributed by atoms with E-state index in [-0.39, 0.29) is 24.0 Å². The summed E-state index contributed by atoms with van der Waals surface area (Å²) in [4.78, 5) is 7.02. The first-order valence-corrected chi connectivity index (χ1v) is 11.8. The summed E-state index contributed by atoms with van der Waals surface area (Å²) >= 11 is 1.68. The number of aliphatic imine (C=N–C) groups is 1. The van der Waals surface area contributed by atoms with Crippen molar-refractivity contribution in [3.63, 3.8) is 0 Å². The van der Waals surface area contributed by atoms with Gasteiger partial charge in [-0.2, -0.15) is 0 Å². The number of hydrogen-bond acceptors (Lipinski definition) is 4. The second-order valence-corrected chi connectivity index (χ2v) is 9.17. The first kappa shape index (κ1) is 23.8. The fourth-order valence-electron chi connectivity index (χ4n) is 4.56. The molecule has 28 heavy (non-hydrogen) atoms. The van der Waals surface area contributed by atoms with Crippen LogP contribution in [0.3, 0.4) is 0 Å². The zero-order valence-electron chi connectivity index (χ0n) is 17.9. The van der Waals surface area contributed by atoms with Crippen molar-refractivity contribution in [1.82, 2.24) is 25.0 Å². The van der Waals surface area contributed by atoms with Crippen LogP contribution in [0.4, 0.5) is 0 Å². The number of hydrogen-bond donors (Lipinski definition) is 1. The summed E-state index contributed by atoms with van der Waals surface area (Å²) in [6, 6.07) is 0. The number of nitrogens with zero attached hydrogens (tertiary/aromatic N) is 5. The predicted molar refractivity (Wildman–Crippen MR) is 129 cm³/mol. The molecule has 0 bridgehead atoms. The second-order valence-electron chi connectivity index (χ2n) is 8.39. The Morgan fingerprint density at radius 3 is 2.46 bits per heavy atom. The lowest BCUT2D eigenvalue weighted by Gasteiger charge is -2.22. The highest BCUT2D eigenvalue weighted by Gasteiger charge is 2.35. The minimum absolute atomic E-state index is 0. The number of rotatable bonds is 7. The summed E-state index contributed by atoms with van der Waals surface area (Å²) in [5.41, 5.74) is 0. The summed E-state index contributed by atoms with van der Waals surface area (Å²) in [6.45, 7) is 8.78. The summed E-state index contributed by atoms with van der Waals surface area (Å²) in [5, 5.41) is 13.4. The van der Waals surface area contributed by atoms with Gasteiger partial charge in [-0.3, -0.25) is 4.99 Å². The van der Waals surface area contributed by atoms with Crippen LogP contribution < -0.4 is 5.32 Å². The maximum atomic E-state index is 4.54. The van der Waals surface area contributed by atoms with Crippen molar-refractivity contribution in [2.75, 3.05) is 32.9 Å². The van der Waals surface area contributed by atoms with Crippen molar-refractivity contribution < 1.29 is 0 Å². The Balaban J connectivity index is 0.00000280. The number of thioether (sulfide) groups is 1.